The predicted molar refractivity (Wildman–Crippen MR) is 106 cm³/mol. The molecule has 3 rings (SSSR count). The van der Waals surface area contributed by atoms with Gasteiger partial charge in [0.25, 0.3) is 0 Å². The van der Waals surface area contributed by atoms with Crippen molar-refractivity contribution in [1.82, 2.24) is 9.78 Å². The monoisotopic (exact) mass is 365 g/mol. The second-order valence-corrected chi connectivity index (χ2v) is 6.44. The molecule has 0 saturated heterocycles. The highest BCUT2D eigenvalue weighted by molar-refractivity contribution is 6.32. The first-order chi connectivity index (χ1) is 12.5. The molecule has 5 heteroatoms. The number of carbonyl (C=O) groups is 1. The van der Waals surface area contributed by atoms with Gasteiger partial charge >= 0.3 is 0 Å². The number of nitrogens with zero attached hydrogens (tertiary/aromatic N) is 2. The Kier molecular flexibility index (Phi) is 5.54. The molecule has 0 bridgehead atoms. The molecule has 26 heavy (non-hydrogen) atoms. The summed E-state index contributed by atoms with van der Waals surface area (Å²) >= 11 is 6.10. The molecule has 1 heterocycles. The summed E-state index contributed by atoms with van der Waals surface area (Å²) < 4.78 is 1.90. The number of benzene rings is 2. The highest BCUT2D eigenvalue weighted by Crippen LogP contribution is 2.21. The van der Waals surface area contributed by atoms with E-state index in [1.54, 1.807) is 12.1 Å². The van der Waals surface area contributed by atoms with E-state index in [9.17, 15) is 4.79 Å². The molecule has 4 nitrogen and oxygen atoms in total. The van der Waals surface area contributed by atoms with Gasteiger partial charge in [0.15, 0.2) is 0 Å². The van der Waals surface area contributed by atoms with Crippen LogP contribution in [0.1, 0.15) is 22.5 Å². The number of halogens is 1. The summed E-state index contributed by atoms with van der Waals surface area (Å²) in [5, 5.41) is 8.08. The first-order valence-electron chi connectivity index (χ1n) is 8.36. The number of carbonyl (C=O) groups excluding carboxylic acids is 1. The Balaban J connectivity index is 1.73. The van der Waals surface area contributed by atoms with Crippen molar-refractivity contribution >= 4 is 29.3 Å². The van der Waals surface area contributed by atoms with E-state index >= 15 is 0 Å². The van der Waals surface area contributed by atoms with Crippen LogP contribution in [0.5, 0.6) is 0 Å². The van der Waals surface area contributed by atoms with Crippen LogP contribution < -0.4 is 5.32 Å². The SMILES string of the molecule is Cc1nn(Cc2ccccc2)c(C)c1NC(=O)/C=C/c1ccccc1Cl. The molecular formula is C21H20ClN3O. The van der Waals surface area contributed by atoms with Crippen molar-refractivity contribution in [3.05, 3.63) is 88.2 Å². The lowest BCUT2D eigenvalue weighted by Gasteiger charge is -2.06. The van der Waals surface area contributed by atoms with E-state index in [1.165, 1.54) is 6.08 Å². The molecule has 1 N–H and O–H groups in total. The molecule has 3 aromatic rings. The fraction of sp³-hybridized carbons (Fsp3) is 0.143. The maximum absolute atomic E-state index is 12.3. The van der Waals surface area contributed by atoms with E-state index in [4.69, 9.17) is 11.6 Å². The lowest BCUT2D eigenvalue weighted by Crippen LogP contribution is -2.10. The Labute approximate surface area is 158 Å². The first-order valence-corrected chi connectivity index (χ1v) is 8.74. The van der Waals surface area contributed by atoms with E-state index in [-0.39, 0.29) is 5.91 Å². The van der Waals surface area contributed by atoms with E-state index in [0.29, 0.717) is 11.6 Å². The van der Waals surface area contributed by atoms with Crippen LogP contribution in [0.25, 0.3) is 6.08 Å². The van der Waals surface area contributed by atoms with Gasteiger partial charge in [0.1, 0.15) is 0 Å². The van der Waals surface area contributed by atoms with Crippen molar-refractivity contribution < 1.29 is 4.79 Å². The molecule has 0 aliphatic heterocycles. The summed E-state index contributed by atoms with van der Waals surface area (Å²) in [6, 6.07) is 17.5. The summed E-state index contributed by atoms with van der Waals surface area (Å²) in [6.45, 7) is 4.51. The van der Waals surface area contributed by atoms with Gasteiger partial charge in [-0.3, -0.25) is 9.48 Å². The third kappa shape index (κ3) is 4.21. The second-order valence-electron chi connectivity index (χ2n) is 6.03. The van der Waals surface area contributed by atoms with E-state index in [2.05, 4.69) is 22.5 Å². The van der Waals surface area contributed by atoms with Gasteiger partial charge in [0, 0.05) is 11.1 Å². The minimum atomic E-state index is -0.213. The summed E-state index contributed by atoms with van der Waals surface area (Å²) in [6.07, 6.45) is 3.19. The largest absolute Gasteiger partial charge is 0.319 e. The zero-order valence-corrected chi connectivity index (χ0v) is 15.5. The molecule has 0 spiro atoms. The summed E-state index contributed by atoms with van der Waals surface area (Å²) in [5.74, 6) is -0.213. The second kappa shape index (κ2) is 8.02. The van der Waals surface area contributed by atoms with Crippen LogP contribution in [0, 0.1) is 13.8 Å². The van der Waals surface area contributed by atoms with Crippen LogP contribution in [0.4, 0.5) is 5.69 Å². The van der Waals surface area contributed by atoms with Gasteiger partial charge in [-0.15, -0.1) is 0 Å². The van der Waals surface area contributed by atoms with Crippen molar-refractivity contribution in [2.24, 2.45) is 0 Å². The third-order valence-corrected chi connectivity index (χ3v) is 4.47. The number of amides is 1. The Morgan fingerprint density at radius 2 is 1.81 bits per heavy atom. The van der Waals surface area contributed by atoms with Gasteiger partial charge in [-0.1, -0.05) is 60.1 Å². The number of hydrogen-bond donors (Lipinski definition) is 1. The van der Waals surface area contributed by atoms with Gasteiger partial charge in [0.05, 0.1) is 23.6 Å². The van der Waals surface area contributed by atoms with Crippen LogP contribution in [-0.4, -0.2) is 15.7 Å². The molecule has 0 aliphatic rings. The fourth-order valence-corrected chi connectivity index (χ4v) is 2.93. The molecule has 0 unspecified atom stereocenters. The lowest BCUT2D eigenvalue weighted by molar-refractivity contribution is -0.111. The van der Waals surface area contributed by atoms with E-state index in [1.807, 2.05) is 54.9 Å². The molecule has 0 fully saturated rings. The van der Waals surface area contributed by atoms with Gasteiger partial charge in [-0.25, -0.2) is 0 Å². The zero-order valence-electron chi connectivity index (χ0n) is 14.7. The Hall–Kier alpha value is -2.85. The molecule has 0 saturated carbocycles. The van der Waals surface area contributed by atoms with E-state index < -0.39 is 0 Å². The first kappa shape index (κ1) is 18.0. The Morgan fingerprint density at radius 1 is 1.12 bits per heavy atom. The van der Waals surface area contributed by atoms with Gasteiger partial charge < -0.3 is 5.32 Å². The highest BCUT2D eigenvalue weighted by atomic mass is 35.5. The number of nitrogens with one attached hydrogen (secondary N) is 1. The zero-order chi connectivity index (χ0) is 18.5. The topological polar surface area (TPSA) is 46.9 Å². The van der Waals surface area contributed by atoms with Crippen molar-refractivity contribution in [1.29, 1.82) is 0 Å². The predicted octanol–water partition coefficient (Wildman–Crippen LogP) is 4.85. The Morgan fingerprint density at radius 3 is 2.54 bits per heavy atom. The number of anilines is 1. The Bertz CT molecular complexity index is 945. The number of hydrogen-bond acceptors (Lipinski definition) is 2. The van der Waals surface area contributed by atoms with Crippen molar-refractivity contribution in [2.75, 3.05) is 5.32 Å². The normalized spacial score (nSPS) is 11.0. The van der Waals surface area contributed by atoms with Crippen molar-refractivity contribution in [3.8, 4) is 0 Å². The molecule has 0 radical (unpaired) electrons. The summed E-state index contributed by atoms with van der Waals surface area (Å²) in [5.41, 5.74) is 4.42. The van der Waals surface area contributed by atoms with Crippen molar-refractivity contribution in [3.63, 3.8) is 0 Å². The van der Waals surface area contributed by atoms with Crippen molar-refractivity contribution in [2.45, 2.75) is 20.4 Å². The van der Waals surface area contributed by atoms with Gasteiger partial charge in [-0.05, 0) is 37.1 Å². The average Bonchev–Trinajstić information content (AvgIpc) is 2.89. The summed E-state index contributed by atoms with van der Waals surface area (Å²) in [4.78, 5) is 12.3. The molecule has 1 aromatic heterocycles. The minimum Gasteiger partial charge on any atom is -0.319 e. The van der Waals surface area contributed by atoms with Crippen LogP contribution >= 0.6 is 11.6 Å². The summed E-state index contributed by atoms with van der Waals surface area (Å²) in [7, 11) is 0. The average molecular weight is 366 g/mol. The molecule has 0 aliphatic carbocycles. The molecule has 2 aromatic carbocycles. The van der Waals surface area contributed by atoms with E-state index in [0.717, 1.165) is 28.2 Å². The smallest absolute Gasteiger partial charge is 0.248 e. The number of aromatic nitrogens is 2. The van der Waals surface area contributed by atoms with Gasteiger partial charge in [-0.2, -0.15) is 5.10 Å². The molecular weight excluding hydrogens is 346 g/mol. The number of rotatable bonds is 5. The molecule has 0 atom stereocenters. The lowest BCUT2D eigenvalue weighted by atomic mass is 10.2. The fourth-order valence-electron chi connectivity index (χ4n) is 2.73. The standard InChI is InChI=1S/C21H20ClN3O/c1-15-21(16(2)25(24-15)14-17-8-4-3-5-9-17)23-20(26)13-12-18-10-6-7-11-19(18)22/h3-13H,14H2,1-2H3,(H,23,26)/b13-12+. The highest BCUT2D eigenvalue weighted by Gasteiger charge is 2.13. The third-order valence-electron chi connectivity index (χ3n) is 4.12. The number of aryl methyl sites for hydroxylation is 1. The van der Waals surface area contributed by atoms with Crippen LogP contribution in [0.15, 0.2) is 60.7 Å². The van der Waals surface area contributed by atoms with Gasteiger partial charge in [0.2, 0.25) is 5.91 Å². The quantitative estimate of drug-likeness (QED) is 0.657. The van der Waals surface area contributed by atoms with Crippen LogP contribution in [-0.2, 0) is 11.3 Å². The maximum Gasteiger partial charge on any atom is 0.248 e. The van der Waals surface area contributed by atoms with Crippen LogP contribution in [0.2, 0.25) is 5.02 Å². The molecule has 1 amide bonds. The van der Waals surface area contributed by atoms with Crippen LogP contribution in [0.3, 0.4) is 0 Å². The molecule has 132 valence electrons. The minimum absolute atomic E-state index is 0.213. The maximum atomic E-state index is 12.3.